The fraction of sp³-hybridized carbons (Fsp3) is 0.200. The number of pyridine rings is 1. The summed E-state index contributed by atoms with van der Waals surface area (Å²) < 4.78 is 1.93. The molecule has 0 spiro atoms. The van der Waals surface area contributed by atoms with Crippen LogP contribution in [0.3, 0.4) is 0 Å². The summed E-state index contributed by atoms with van der Waals surface area (Å²) in [7, 11) is 0. The summed E-state index contributed by atoms with van der Waals surface area (Å²) in [4.78, 5) is 20.4. The number of hydrogen-bond acceptors (Lipinski definition) is 2. The molecule has 4 heteroatoms. The van der Waals surface area contributed by atoms with E-state index in [1.54, 1.807) is 0 Å². The van der Waals surface area contributed by atoms with E-state index in [1.165, 1.54) is 0 Å². The van der Waals surface area contributed by atoms with Gasteiger partial charge in [0.15, 0.2) is 0 Å². The van der Waals surface area contributed by atoms with Gasteiger partial charge in [0.1, 0.15) is 11.3 Å². The van der Waals surface area contributed by atoms with E-state index in [9.17, 15) is 4.79 Å². The fourth-order valence-electron chi connectivity index (χ4n) is 3.63. The maximum atomic E-state index is 13.8. The van der Waals surface area contributed by atoms with Crippen molar-refractivity contribution in [3.8, 4) is 0 Å². The molecule has 2 aromatic carbocycles. The molecule has 29 heavy (non-hydrogen) atoms. The summed E-state index contributed by atoms with van der Waals surface area (Å²) in [6, 6.07) is 24.3. The molecule has 0 saturated heterocycles. The number of hydrogen-bond donors (Lipinski definition) is 0. The molecule has 2 aromatic heterocycles. The number of nitrogens with zero attached hydrogens (tertiary/aromatic N) is 3. The monoisotopic (exact) mass is 383 g/mol. The summed E-state index contributed by atoms with van der Waals surface area (Å²) in [6.45, 7) is 5.19. The topological polar surface area (TPSA) is 37.6 Å². The van der Waals surface area contributed by atoms with Crippen molar-refractivity contribution >= 4 is 11.6 Å². The van der Waals surface area contributed by atoms with Crippen LogP contribution in [0.2, 0.25) is 0 Å². The second kappa shape index (κ2) is 8.31. The summed E-state index contributed by atoms with van der Waals surface area (Å²) in [6.07, 6.45) is 2.67. The van der Waals surface area contributed by atoms with Gasteiger partial charge in [-0.05, 0) is 42.2 Å². The molecule has 4 rings (SSSR count). The largest absolute Gasteiger partial charge is 0.329 e. The van der Waals surface area contributed by atoms with Crippen LogP contribution in [0.1, 0.15) is 39.8 Å². The van der Waals surface area contributed by atoms with E-state index in [2.05, 4.69) is 24.3 Å². The van der Waals surface area contributed by atoms with Crippen LogP contribution in [0.5, 0.6) is 0 Å². The van der Waals surface area contributed by atoms with Crippen molar-refractivity contribution in [2.75, 3.05) is 0 Å². The maximum absolute atomic E-state index is 13.8. The predicted molar refractivity (Wildman–Crippen MR) is 116 cm³/mol. The minimum atomic E-state index is 0.00547. The molecule has 0 N–H and O–H groups in total. The van der Waals surface area contributed by atoms with Crippen LogP contribution in [0, 0.1) is 6.92 Å². The van der Waals surface area contributed by atoms with Crippen LogP contribution in [0.15, 0.2) is 79.0 Å². The van der Waals surface area contributed by atoms with Crippen molar-refractivity contribution in [1.29, 1.82) is 0 Å². The molecule has 0 aliphatic heterocycles. The summed E-state index contributed by atoms with van der Waals surface area (Å²) in [5, 5.41) is 0. The molecule has 0 radical (unpaired) electrons. The van der Waals surface area contributed by atoms with Crippen molar-refractivity contribution < 1.29 is 4.79 Å². The van der Waals surface area contributed by atoms with Gasteiger partial charge in [0, 0.05) is 19.3 Å². The number of aromatic nitrogens is 2. The third kappa shape index (κ3) is 4.06. The number of fused-ring (bicyclic) bond motifs is 1. The van der Waals surface area contributed by atoms with E-state index in [0.29, 0.717) is 25.2 Å². The minimum absolute atomic E-state index is 0.00547. The van der Waals surface area contributed by atoms with Gasteiger partial charge in [-0.1, -0.05) is 67.6 Å². The Morgan fingerprint density at radius 2 is 1.52 bits per heavy atom. The Labute approximate surface area is 171 Å². The average molecular weight is 383 g/mol. The molecular formula is C25H25N3O. The number of imidazole rings is 1. The first-order valence-electron chi connectivity index (χ1n) is 10.0. The highest BCUT2D eigenvalue weighted by Crippen LogP contribution is 2.20. The lowest BCUT2D eigenvalue weighted by atomic mass is 10.1. The second-order valence-electron chi connectivity index (χ2n) is 7.33. The van der Waals surface area contributed by atoms with E-state index >= 15 is 0 Å². The number of rotatable bonds is 6. The van der Waals surface area contributed by atoms with Gasteiger partial charge in [-0.15, -0.1) is 0 Å². The first-order valence-corrected chi connectivity index (χ1v) is 10.0. The van der Waals surface area contributed by atoms with E-state index in [1.807, 2.05) is 77.9 Å². The first kappa shape index (κ1) is 18.9. The average Bonchev–Trinajstić information content (AvgIpc) is 3.12. The molecule has 0 aliphatic rings. The van der Waals surface area contributed by atoms with Crippen LogP contribution in [-0.4, -0.2) is 20.2 Å². The van der Waals surface area contributed by atoms with Gasteiger partial charge in [-0.2, -0.15) is 0 Å². The van der Waals surface area contributed by atoms with Crippen molar-refractivity contribution in [2.45, 2.75) is 33.4 Å². The molecule has 0 aliphatic carbocycles. The van der Waals surface area contributed by atoms with Crippen LogP contribution in [0.4, 0.5) is 0 Å². The lowest BCUT2D eigenvalue weighted by Gasteiger charge is -2.23. The highest BCUT2D eigenvalue weighted by Gasteiger charge is 2.24. The Bertz CT molecular complexity index is 1080. The standard InChI is InChI=1S/C25H25N3O/c1-3-22-24(28-15-14-19(2)16-23(28)26-22)25(29)27(17-20-10-6-4-7-11-20)18-21-12-8-5-9-13-21/h4-16H,3,17-18H2,1-2H3. The summed E-state index contributed by atoms with van der Waals surface area (Å²) >= 11 is 0. The molecule has 0 bridgehead atoms. The number of carbonyl (C=O) groups excluding carboxylic acids is 1. The molecule has 1 amide bonds. The molecule has 146 valence electrons. The van der Waals surface area contributed by atoms with E-state index in [0.717, 1.165) is 28.0 Å². The van der Waals surface area contributed by atoms with Crippen molar-refractivity contribution in [3.05, 3.63) is 107 Å². The van der Waals surface area contributed by atoms with Gasteiger partial charge in [-0.3, -0.25) is 9.20 Å². The van der Waals surface area contributed by atoms with E-state index in [-0.39, 0.29) is 5.91 Å². The van der Waals surface area contributed by atoms with Gasteiger partial charge in [-0.25, -0.2) is 4.98 Å². The van der Waals surface area contributed by atoms with Crippen molar-refractivity contribution in [1.82, 2.24) is 14.3 Å². The molecule has 0 unspecified atom stereocenters. The normalized spacial score (nSPS) is 11.0. The number of carbonyl (C=O) groups is 1. The van der Waals surface area contributed by atoms with Gasteiger partial charge >= 0.3 is 0 Å². The lowest BCUT2D eigenvalue weighted by molar-refractivity contribution is 0.0721. The van der Waals surface area contributed by atoms with Gasteiger partial charge in [0.2, 0.25) is 0 Å². The van der Waals surface area contributed by atoms with Crippen LogP contribution in [-0.2, 0) is 19.5 Å². The predicted octanol–water partition coefficient (Wildman–Crippen LogP) is 5.05. The highest BCUT2D eigenvalue weighted by atomic mass is 16.2. The number of benzene rings is 2. The van der Waals surface area contributed by atoms with Gasteiger partial charge < -0.3 is 4.90 Å². The Morgan fingerprint density at radius 1 is 0.931 bits per heavy atom. The number of amides is 1. The van der Waals surface area contributed by atoms with E-state index in [4.69, 9.17) is 4.98 Å². The maximum Gasteiger partial charge on any atom is 0.273 e. The third-order valence-electron chi connectivity index (χ3n) is 5.11. The third-order valence-corrected chi connectivity index (χ3v) is 5.11. The zero-order valence-electron chi connectivity index (χ0n) is 16.9. The van der Waals surface area contributed by atoms with E-state index < -0.39 is 0 Å². The summed E-state index contributed by atoms with van der Waals surface area (Å²) in [5.41, 5.74) is 5.68. The van der Waals surface area contributed by atoms with Gasteiger partial charge in [0.25, 0.3) is 5.91 Å². The number of aryl methyl sites for hydroxylation is 2. The molecule has 0 saturated carbocycles. The minimum Gasteiger partial charge on any atom is -0.329 e. The van der Waals surface area contributed by atoms with Crippen LogP contribution in [0.25, 0.3) is 5.65 Å². The Balaban J connectivity index is 1.75. The zero-order chi connectivity index (χ0) is 20.2. The van der Waals surface area contributed by atoms with Crippen LogP contribution >= 0.6 is 0 Å². The van der Waals surface area contributed by atoms with Crippen molar-refractivity contribution in [2.24, 2.45) is 0 Å². The van der Waals surface area contributed by atoms with Gasteiger partial charge in [0.05, 0.1) is 5.69 Å². The molecule has 2 heterocycles. The zero-order valence-corrected chi connectivity index (χ0v) is 16.9. The Morgan fingerprint density at radius 3 is 2.07 bits per heavy atom. The molecule has 4 nitrogen and oxygen atoms in total. The van der Waals surface area contributed by atoms with Crippen LogP contribution < -0.4 is 0 Å². The molecule has 0 fully saturated rings. The smallest absolute Gasteiger partial charge is 0.273 e. The highest BCUT2D eigenvalue weighted by molar-refractivity contribution is 5.94. The molecule has 0 atom stereocenters. The SMILES string of the molecule is CCc1nc2cc(C)ccn2c1C(=O)N(Cc1ccccc1)Cc1ccccc1. The Hall–Kier alpha value is -3.40. The second-order valence-corrected chi connectivity index (χ2v) is 7.33. The summed E-state index contributed by atoms with van der Waals surface area (Å²) in [5.74, 6) is 0.00547. The molecular weight excluding hydrogens is 358 g/mol. The van der Waals surface area contributed by atoms with Crippen molar-refractivity contribution in [3.63, 3.8) is 0 Å². The lowest BCUT2D eigenvalue weighted by Crippen LogP contribution is -2.31. The first-order chi connectivity index (χ1) is 14.2. The molecule has 4 aromatic rings. The fourth-order valence-corrected chi connectivity index (χ4v) is 3.63. The Kier molecular flexibility index (Phi) is 5.43. The quantitative estimate of drug-likeness (QED) is 0.467.